The van der Waals surface area contributed by atoms with E-state index >= 15 is 0 Å². The molecule has 4 N–H and O–H groups in total. The number of aromatic nitrogens is 2. The molecule has 1 saturated heterocycles. The van der Waals surface area contributed by atoms with Crippen molar-refractivity contribution in [3.8, 4) is 22.9 Å². The third-order valence-electron chi connectivity index (χ3n) is 10.4. The Morgan fingerprint density at radius 2 is 1.86 bits per heavy atom. The fourth-order valence-corrected chi connectivity index (χ4v) is 8.52. The summed E-state index contributed by atoms with van der Waals surface area (Å²) >= 11 is 4.45. The first-order valence-corrected chi connectivity index (χ1v) is 20.1. The Morgan fingerprint density at radius 3 is 2.49 bits per heavy atom. The van der Waals surface area contributed by atoms with Crippen LogP contribution < -0.4 is 25.4 Å². The number of methoxy groups -OCH3 is 1. The quantitative estimate of drug-likeness (QED) is 0.141. The number of fused-ring (bicyclic) bond motifs is 1. The van der Waals surface area contributed by atoms with Gasteiger partial charge in [0, 0.05) is 43.3 Å². The lowest BCUT2D eigenvalue weighted by atomic mass is 9.85. The van der Waals surface area contributed by atoms with Crippen molar-refractivity contribution in [2.24, 2.45) is 17.3 Å². The Morgan fingerprint density at radius 1 is 1.12 bits per heavy atom. The number of nitrogens with one attached hydrogen (secondary N) is 3. The maximum absolute atomic E-state index is 14.7. The molecule has 2 aromatic heterocycles. The summed E-state index contributed by atoms with van der Waals surface area (Å²) < 4.78 is 64.1. The number of rotatable bonds is 13. The van der Waals surface area contributed by atoms with Crippen LogP contribution in [0.15, 0.2) is 40.7 Å². The van der Waals surface area contributed by atoms with Crippen LogP contribution in [0.2, 0.25) is 0 Å². The second-order valence-electron chi connectivity index (χ2n) is 15.5. The van der Waals surface area contributed by atoms with Gasteiger partial charge in [-0.15, -0.1) is 17.9 Å². The van der Waals surface area contributed by atoms with Gasteiger partial charge in [-0.05, 0) is 65.6 Å². The van der Waals surface area contributed by atoms with E-state index in [1.807, 2.05) is 0 Å². The summed E-state index contributed by atoms with van der Waals surface area (Å²) in [6.45, 7) is 2.57. The Bertz CT molecular complexity index is 2290. The molecule has 3 heterocycles. The van der Waals surface area contributed by atoms with Crippen molar-refractivity contribution in [2.45, 2.75) is 103 Å². The summed E-state index contributed by atoms with van der Waals surface area (Å²) in [5.41, 5.74) is -1.73. The number of benzene rings is 1. The number of ether oxygens (including phenoxy) is 3. The number of carbonyl (C=O) groups is 5. The number of hydrogen-bond acceptors (Lipinski definition) is 11. The number of carboxylic acids is 1. The molecule has 4 amide bonds. The number of hydrogen-bond donors (Lipinski definition) is 4. The van der Waals surface area contributed by atoms with Gasteiger partial charge in [0.05, 0.1) is 29.3 Å². The second-order valence-corrected chi connectivity index (χ2v) is 17.1. The number of aliphatic carboxylic acids is 1. The van der Waals surface area contributed by atoms with Crippen molar-refractivity contribution >= 4 is 73.1 Å². The largest absolute Gasteiger partial charge is 0.495 e. The van der Waals surface area contributed by atoms with Gasteiger partial charge < -0.3 is 40.2 Å². The molecule has 0 spiro atoms. The van der Waals surface area contributed by atoms with Crippen LogP contribution in [-0.4, -0.2) is 93.2 Å². The molecule has 1 aliphatic heterocycles. The topological polar surface area (TPSA) is 198 Å². The number of nitrogens with zero attached hydrogens (tertiary/aromatic N) is 3. The predicted molar refractivity (Wildman–Crippen MR) is 217 cm³/mol. The zero-order chi connectivity index (χ0) is 46.4. The summed E-state index contributed by atoms with van der Waals surface area (Å²) in [5, 5.41) is 19.7. The zero-order valence-corrected chi connectivity index (χ0v) is 34.3. The molecule has 3 fully saturated rings. The van der Waals surface area contributed by atoms with E-state index in [4.69, 9.17) is 27.4 Å². The lowest BCUT2D eigenvalue weighted by Gasteiger charge is -2.35. The van der Waals surface area contributed by atoms with Crippen LogP contribution in [0.4, 0.5) is 9.93 Å². The maximum Gasteiger partial charge on any atom is 0.408 e. The van der Waals surface area contributed by atoms with E-state index in [-0.39, 0.29) is 47.8 Å². The third-order valence-corrected chi connectivity index (χ3v) is 12.0. The lowest BCUT2D eigenvalue weighted by Crippen LogP contribution is -2.59. The highest BCUT2D eigenvalue weighted by Gasteiger charge is 2.61. The van der Waals surface area contributed by atoms with E-state index in [0.717, 1.165) is 24.2 Å². The van der Waals surface area contributed by atoms with E-state index in [0.29, 0.717) is 34.0 Å². The highest BCUT2D eigenvalue weighted by Crippen LogP contribution is 2.45. The number of halogens is 1. The normalized spacial score (nSPS) is 24.5. The van der Waals surface area contributed by atoms with Gasteiger partial charge >= 0.3 is 12.1 Å². The molecule has 17 heteroatoms. The van der Waals surface area contributed by atoms with Crippen molar-refractivity contribution in [1.29, 1.82) is 0 Å². The zero-order valence-electron chi connectivity index (χ0n) is 37.8. The first kappa shape index (κ1) is 34.3. The van der Waals surface area contributed by atoms with Crippen LogP contribution in [0.1, 0.15) is 81.2 Å². The van der Waals surface area contributed by atoms with Crippen LogP contribution in [0.5, 0.6) is 11.5 Å². The number of carbonyl (C=O) groups excluding carboxylic acids is 4. The minimum absolute atomic E-state index is 0.0904. The van der Waals surface area contributed by atoms with Crippen molar-refractivity contribution in [2.75, 3.05) is 19.0 Å². The first-order chi connectivity index (χ1) is 29.4. The molecule has 5 atom stereocenters. The monoisotopic (exact) mass is 874 g/mol. The van der Waals surface area contributed by atoms with E-state index in [2.05, 4.69) is 43.4 Å². The van der Waals surface area contributed by atoms with Crippen LogP contribution in [0.3, 0.4) is 0 Å². The number of pyridine rings is 1. The maximum atomic E-state index is 14.7. The third kappa shape index (κ3) is 8.88. The van der Waals surface area contributed by atoms with Gasteiger partial charge in [-0.25, -0.2) is 19.6 Å². The second kappa shape index (κ2) is 16.6. The molecule has 2 aliphatic carbocycles. The summed E-state index contributed by atoms with van der Waals surface area (Å²) in [7, 11) is 1.46. The minimum atomic E-state index is -3.12. The molecular weight excluding hydrogens is 820 g/mol. The molecule has 2 saturated carbocycles. The van der Waals surface area contributed by atoms with Gasteiger partial charge in [-0.1, -0.05) is 40.6 Å². The molecular formula is C40H49BrN6O9S. The standard InChI is InChI=1S/C40H49BrN6O9S/c1-8-21-17-40(21,36(51)52)46-34(49)27-15-23(18-47(27)35(50)32(39(4,5)6)44-38(53)56-22-11-9-10-12-22)55-29-16-25(26-19-57-37(43-26)45-33(48)20(2)3)42-31-24(29)13-14-28(54-7)30(31)41/h8,13-14,16,19-23,27,32H,1,9-12,15,17-18H2,2-7H3,(H,44,53)(H,46,49)(H,51,52)(H,43,45,48)/t21-,23-,27+,32-,40-/m1/s1/i2D3,3D3. The Kier molecular flexibility index (Phi) is 9.99. The molecule has 0 unspecified atom stereocenters. The Labute approximate surface area is 351 Å². The SMILES string of the molecule is [2H]C([2H])([2H])C(C(=O)Nc1nc(-c2cc(O[C@@H]3C[C@@H](C(=O)N[C@]4(C(=O)O)C[C@H]4C=C)N(C(=O)[C@@H](NC(=O)OC4CCCC4)C(C)(C)C)C3)c3ccc(OC)c(Br)c3n2)cs1)C([2H])([2H])[2H]. The Balaban J connectivity index is 1.34. The van der Waals surface area contributed by atoms with Crippen molar-refractivity contribution in [3.05, 3.63) is 40.7 Å². The van der Waals surface area contributed by atoms with Crippen molar-refractivity contribution in [1.82, 2.24) is 25.5 Å². The van der Waals surface area contributed by atoms with E-state index < -0.39 is 84.5 Å². The number of anilines is 1. The van der Waals surface area contributed by atoms with Gasteiger partial charge in [0.1, 0.15) is 47.0 Å². The lowest BCUT2D eigenvalue weighted by molar-refractivity contribution is -0.146. The molecule has 306 valence electrons. The van der Waals surface area contributed by atoms with Gasteiger partial charge in [-0.3, -0.25) is 14.4 Å². The van der Waals surface area contributed by atoms with Gasteiger partial charge in [0.15, 0.2) is 5.13 Å². The average molecular weight is 876 g/mol. The highest BCUT2D eigenvalue weighted by atomic mass is 79.9. The molecule has 57 heavy (non-hydrogen) atoms. The van der Waals surface area contributed by atoms with Crippen LogP contribution in [0.25, 0.3) is 22.3 Å². The molecule has 1 aromatic carbocycles. The number of amides is 4. The van der Waals surface area contributed by atoms with E-state index in [1.54, 1.807) is 39.0 Å². The highest BCUT2D eigenvalue weighted by molar-refractivity contribution is 9.10. The molecule has 6 rings (SSSR count). The molecule has 3 aliphatic rings. The van der Waals surface area contributed by atoms with E-state index in [1.165, 1.54) is 23.5 Å². The molecule has 0 bridgehead atoms. The molecule has 15 nitrogen and oxygen atoms in total. The van der Waals surface area contributed by atoms with Crippen LogP contribution >= 0.6 is 27.3 Å². The summed E-state index contributed by atoms with van der Waals surface area (Å²) in [6.07, 6.45) is 2.80. The number of thiazole rings is 1. The first-order valence-electron chi connectivity index (χ1n) is 21.4. The van der Waals surface area contributed by atoms with E-state index in [9.17, 15) is 29.1 Å². The van der Waals surface area contributed by atoms with Gasteiger partial charge in [0.2, 0.25) is 17.7 Å². The van der Waals surface area contributed by atoms with Crippen LogP contribution in [-0.2, 0) is 23.9 Å². The van der Waals surface area contributed by atoms with Crippen LogP contribution in [0, 0.1) is 17.3 Å². The van der Waals surface area contributed by atoms with Gasteiger partial charge in [0.25, 0.3) is 0 Å². The summed E-state index contributed by atoms with van der Waals surface area (Å²) in [4.78, 5) is 77.9. The van der Waals surface area contributed by atoms with Crippen molar-refractivity contribution in [3.63, 3.8) is 0 Å². The Hall–Kier alpha value is -4.77. The fourth-order valence-electron chi connectivity index (χ4n) is 7.22. The molecule has 0 radical (unpaired) electrons. The summed E-state index contributed by atoms with van der Waals surface area (Å²) in [6, 6.07) is 2.51. The average Bonchev–Trinajstić information content (AvgIpc) is 3.58. The fraction of sp³-hybridized carbons (Fsp3) is 0.525. The summed E-state index contributed by atoms with van der Waals surface area (Å²) in [5.74, 6) is -6.06. The number of likely N-dealkylation sites (tertiary alicyclic amines) is 1. The van der Waals surface area contributed by atoms with Crippen molar-refractivity contribution < 1.29 is 51.5 Å². The number of alkyl carbamates (subject to hydrolysis) is 1. The molecule has 3 aromatic rings. The smallest absolute Gasteiger partial charge is 0.408 e. The predicted octanol–water partition coefficient (Wildman–Crippen LogP) is 6.30. The minimum Gasteiger partial charge on any atom is -0.495 e. The number of carboxylic acid groups (broad SMARTS) is 1. The van der Waals surface area contributed by atoms with Gasteiger partial charge in [-0.2, -0.15) is 0 Å².